The molecular formula is C23H25N3O11. The van der Waals surface area contributed by atoms with Gasteiger partial charge in [-0.05, 0) is 5.56 Å². The Kier molecular flexibility index (Phi) is 8.79. The van der Waals surface area contributed by atoms with Gasteiger partial charge in [-0.2, -0.15) is 0 Å². The Hall–Kier alpha value is -4.46. The number of hydrogen-bond acceptors (Lipinski definition) is 11. The number of esters is 3. The number of alkyl carbamates (subject to hydrolysis) is 1. The van der Waals surface area contributed by atoms with Gasteiger partial charge in [-0.25, -0.2) is 14.4 Å². The number of aromatic nitrogens is 2. The molecule has 2 heterocycles. The number of methoxy groups -OCH3 is 1. The van der Waals surface area contributed by atoms with Crippen molar-refractivity contribution in [1.82, 2.24) is 14.9 Å². The van der Waals surface area contributed by atoms with Crippen molar-refractivity contribution in [3.63, 3.8) is 0 Å². The van der Waals surface area contributed by atoms with Crippen LogP contribution in [0.4, 0.5) is 4.79 Å². The SMILES string of the molecule is COC(=O)[C@@H](NC(=O)OCc1ccccc1)[C@H]1O[C@@H](n2ccc(=O)[nH]c2=O)[C@H](OC(C)=O)[C@@H]1OC(C)=O. The van der Waals surface area contributed by atoms with Crippen LogP contribution in [-0.4, -0.2) is 65.0 Å². The lowest BCUT2D eigenvalue weighted by molar-refractivity contribution is -0.166. The number of nitrogens with zero attached hydrogens (tertiary/aromatic N) is 1. The van der Waals surface area contributed by atoms with E-state index < -0.39 is 65.8 Å². The monoisotopic (exact) mass is 519 g/mol. The standard InChI is InChI=1S/C23H25N3O11/c1-12(27)35-18-17(16(21(30)33-3)25-23(32)34-11-14-7-5-4-6-8-14)37-20(19(18)36-13(2)28)26-10-9-15(29)24-22(26)31/h4-10,16-20H,11H2,1-3H3,(H,25,32)(H,24,29,31)/t16-,17+,18+,19+,20+/m0/s1. The second-order valence-corrected chi connectivity index (χ2v) is 7.86. The molecule has 1 amide bonds. The minimum Gasteiger partial charge on any atom is -0.467 e. The van der Waals surface area contributed by atoms with Crippen molar-refractivity contribution < 1.29 is 42.9 Å². The van der Waals surface area contributed by atoms with Crippen molar-refractivity contribution in [2.45, 2.75) is 51.0 Å². The van der Waals surface area contributed by atoms with Crippen LogP contribution in [0.25, 0.3) is 0 Å². The third-order valence-electron chi connectivity index (χ3n) is 5.22. The number of benzene rings is 1. The molecule has 0 radical (unpaired) electrons. The zero-order valence-corrected chi connectivity index (χ0v) is 20.1. The average molecular weight is 519 g/mol. The predicted octanol–water partition coefficient (Wildman–Crippen LogP) is -0.235. The smallest absolute Gasteiger partial charge is 0.408 e. The van der Waals surface area contributed by atoms with Crippen LogP contribution in [0.1, 0.15) is 25.6 Å². The molecule has 1 aliphatic heterocycles. The summed E-state index contributed by atoms with van der Waals surface area (Å²) in [5, 5.41) is 2.32. The van der Waals surface area contributed by atoms with E-state index in [1.165, 1.54) is 0 Å². The van der Waals surface area contributed by atoms with Gasteiger partial charge >= 0.3 is 29.7 Å². The van der Waals surface area contributed by atoms with E-state index in [-0.39, 0.29) is 6.61 Å². The van der Waals surface area contributed by atoms with Gasteiger partial charge in [0.15, 0.2) is 24.5 Å². The molecule has 1 saturated heterocycles. The third kappa shape index (κ3) is 6.82. The highest BCUT2D eigenvalue weighted by molar-refractivity contribution is 5.82. The van der Waals surface area contributed by atoms with Crippen molar-refractivity contribution in [1.29, 1.82) is 0 Å². The normalized spacial score (nSPS) is 21.4. The van der Waals surface area contributed by atoms with Crippen molar-refractivity contribution in [3.05, 3.63) is 69.0 Å². The van der Waals surface area contributed by atoms with Gasteiger partial charge in [0.1, 0.15) is 12.7 Å². The molecule has 0 bridgehead atoms. The van der Waals surface area contributed by atoms with Gasteiger partial charge in [0.25, 0.3) is 5.56 Å². The lowest BCUT2D eigenvalue weighted by atomic mass is 10.0. The second-order valence-electron chi connectivity index (χ2n) is 7.86. The van der Waals surface area contributed by atoms with E-state index in [4.69, 9.17) is 23.7 Å². The van der Waals surface area contributed by atoms with Gasteiger partial charge in [0.2, 0.25) is 0 Å². The first kappa shape index (κ1) is 27.1. The quantitative estimate of drug-likeness (QED) is 0.347. The molecule has 2 N–H and O–H groups in total. The summed E-state index contributed by atoms with van der Waals surface area (Å²) < 4.78 is 27.3. The van der Waals surface area contributed by atoms with Gasteiger partial charge in [0, 0.05) is 26.1 Å². The van der Waals surface area contributed by atoms with Gasteiger partial charge in [-0.1, -0.05) is 30.3 Å². The summed E-state index contributed by atoms with van der Waals surface area (Å²) in [6, 6.07) is 8.11. The maximum atomic E-state index is 12.7. The molecule has 1 fully saturated rings. The Morgan fingerprint density at radius 2 is 1.68 bits per heavy atom. The van der Waals surface area contributed by atoms with E-state index in [0.29, 0.717) is 5.56 Å². The van der Waals surface area contributed by atoms with Crippen LogP contribution >= 0.6 is 0 Å². The summed E-state index contributed by atoms with van der Waals surface area (Å²) in [4.78, 5) is 75.0. The molecule has 5 atom stereocenters. The summed E-state index contributed by atoms with van der Waals surface area (Å²) in [6.07, 6.45) is -5.86. The molecule has 14 heteroatoms. The maximum Gasteiger partial charge on any atom is 0.408 e. The minimum absolute atomic E-state index is 0.120. The second kappa shape index (κ2) is 12.0. The Bertz CT molecular complexity index is 1260. The predicted molar refractivity (Wildman–Crippen MR) is 122 cm³/mol. The molecule has 3 rings (SSSR count). The van der Waals surface area contributed by atoms with Crippen molar-refractivity contribution in [2.24, 2.45) is 0 Å². The Labute approximate surface area is 209 Å². The Morgan fingerprint density at radius 3 is 2.27 bits per heavy atom. The van der Waals surface area contributed by atoms with Gasteiger partial charge < -0.3 is 29.0 Å². The molecule has 1 aromatic carbocycles. The van der Waals surface area contributed by atoms with E-state index in [1.54, 1.807) is 30.3 Å². The first-order valence-corrected chi connectivity index (χ1v) is 11.0. The van der Waals surface area contributed by atoms with Crippen LogP contribution in [0.2, 0.25) is 0 Å². The molecule has 1 aromatic heterocycles. The van der Waals surface area contributed by atoms with E-state index in [1.807, 2.05) is 4.98 Å². The lowest BCUT2D eigenvalue weighted by Gasteiger charge is -2.27. The fourth-order valence-corrected chi connectivity index (χ4v) is 3.72. The minimum atomic E-state index is -1.63. The van der Waals surface area contributed by atoms with E-state index in [2.05, 4.69) is 5.32 Å². The van der Waals surface area contributed by atoms with Crippen molar-refractivity contribution in [3.8, 4) is 0 Å². The van der Waals surface area contributed by atoms with Crippen LogP contribution in [0, 0.1) is 0 Å². The zero-order chi connectivity index (χ0) is 27.1. The van der Waals surface area contributed by atoms with E-state index >= 15 is 0 Å². The van der Waals surface area contributed by atoms with Crippen LogP contribution in [-0.2, 0) is 44.7 Å². The number of carbonyl (C=O) groups is 4. The Balaban J connectivity index is 1.95. The van der Waals surface area contributed by atoms with Crippen LogP contribution < -0.4 is 16.6 Å². The van der Waals surface area contributed by atoms with Gasteiger partial charge in [-0.15, -0.1) is 0 Å². The number of aromatic amines is 1. The largest absolute Gasteiger partial charge is 0.467 e. The number of hydrogen-bond donors (Lipinski definition) is 2. The van der Waals surface area contributed by atoms with Crippen molar-refractivity contribution >= 4 is 24.0 Å². The molecule has 14 nitrogen and oxygen atoms in total. The highest BCUT2D eigenvalue weighted by atomic mass is 16.6. The number of rotatable bonds is 8. The number of H-pyrrole nitrogens is 1. The summed E-state index contributed by atoms with van der Waals surface area (Å²) in [7, 11) is 1.05. The molecular weight excluding hydrogens is 494 g/mol. The highest BCUT2D eigenvalue weighted by Gasteiger charge is 2.55. The first-order chi connectivity index (χ1) is 17.6. The number of amides is 1. The molecule has 0 saturated carbocycles. The van der Waals surface area contributed by atoms with E-state index in [9.17, 15) is 28.8 Å². The summed E-state index contributed by atoms with van der Waals surface area (Å²) in [5.74, 6) is -2.66. The van der Waals surface area contributed by atoms with Crippen LogP contribution in [0.3, 0.4) is 0 Å². The fraction of sp³-hybridized carbons (Fsp3) is 0.391. The molecule has 0 aliphatic carbocycles. The molecule has 0 spiro atoms. The topological polar surface area (TPSA) is 181 Å². The fourth-order valence-electron chi connectivity index (χ4n) is 3.72. The van der Waals surface area contributed by atoms with E-state index in [0.717, 1.165) is 37.8 Å². The molecule has 0 unspecified atom stereocenters. The molecule has 1 aliphatic rings. The van der Waals surface area contributed by atoms with Crippen LogP contribution in [0.15, 0.2) is 52.2 Å². The average Bonchev–Trinajstić information content (AvgIpc) is 3.17. The maximum absolute atomic E-state index is 12.7. The number of nitrogens with one attached hydrogen (secondary N) is 2. The lowest BCUT2D eigenvalue weighted by Crippen LogP contribution is -2.54. The molecule has 37 heavy (non-hydrogen) atoms. The van der Waals surface area contributed by atoms with Gasteiger partial charge in [-0.3, -0.25) is 23.9 Å². The molecule has 2 aromatic rings. The highest BCUT2D eigenvalue weighted by Crippen LogP contribution is 2.35. The summed E-state index contributed by atoms with van der Waals surface area (Å²) in [5.41, 5.74) is -0.956. The van der Waals surface area contributed by atoms with Crippen molar-refractivity contribution in [2.75, 3.05) is 7.11 Å². The summed E-state index contributed by atoms with van der Waals surface area (Å²) in [6.45, 7) is 2.02. The number of carbonyl (C=O) groups excluding carboxylic acids is 4. The number of ether oxygens (including phenoxy) is 5. The first-order valence-electron chi connectivity index (χ1n) is 11.0. The van der Waals surface area contributed by atoms with Crippen LogP contribution in [0.5, 0.6) is 0 Å². The zero-order valence-electron chi connectivity index (χ0n) is 20.1. The Morgan fingerprint density at radius 1 is 1.03 bits per heavy atom. The molecule has 198 valence electrons. The summed E-state index contributed by atoms with van der Waals surface area (Å²) >= 11 is 0. The van der Waals surface area contributed by atoms with Gasteiger partial charge in [0.05, 0.1) is 7.11 Å². The third-order valence-corrected chi connectivity index (χ3v) is 5.22.